The summed E-state index contributed by atoms with van der Waals surface area (Å²) < 4.78 is 0. The number of carbonyl (C=O) groups is 2. The topological polar surface area (TPSA) is 63.4 Å². The van der Waals surface area contributed by atoms with Crippen LogP contribution in [-0.2, 0) is 15.0 Å². The van der Waals surface area contributed by atoms with E-state index in [4.69, 9.17) is 5.84 Å². The number of benzene rings is 2. The number of ketones is 1. The van der Waals surface area contributed by atoms with Gasteiger partial charge >= 0.3 is 0 Å². The van der Waals surface area contributed by atoms with Crippen LogP contribution in [0, 0.1) is 0 Å². The van der Waals surface area contributed by atoms with Gasteiger partial charge in [0.15, 0.2) is 0 Å². The van der Waals surface area contributed by atoms with Crippen LogP contribution in [0.15, 0.2) is 60.7 Å². The van der Waals surface area contributed by atoms with Crippen molar-refractivity contribution in [2.75, 3.05) is 7.05 Å². The fourth-order valence-corrected chi connectivity index (χ4v) is 2.89. The third-order valence-electron chi connectivity index (χ3n) is 4.14. The monoisotopic (exact) mass is 310 g/mol. The van der Waals surface area contributed by atoms with Crippen LogP contribution in [0.3, 0.4) is 0 Å². The standard InChI is InChI=1S/C19H22N2O2/c1-3-17(22)19(14-18(23)21(2)20,15-10-6-4-7-11-15)16-12-8-5-9-13-16/h4-13H,3,14,20H2,1-2H3. The third-order valence-corrected chi connectivity index (χ3v) is 4.14. The maximum absolute atomic E-state index is 13.0. The summed E-state index contributed by atoms with van der Waals surface area (Å²) in [6.07, 6.45) is 0.353. The Balaban J connectivity index is 2.69. The lowest BCUT2D eigenvalue weighted by atomic mass is 9.68. The van der Waals surface area contributed by atoms with Crippen molar-refractivity contribution in [1.82, 2.24) is 5.01 Å². The zero-order valence-electron chi connectivity index (χ0n) is 13.5. The average molecular weight is 310 g/mol. The Morgan fingerprint density at radius 3 is 1.74 bits per heavy atom. The van der Waals surface area contributed by atoms with Gasteiger partial charge in [-0.1, -0.05) is 67.6 Å². The SMILES string of the molecule is CCC(=O)C(CC(=O)N(C)N)(c1ccccc1)c1ccccc1. The number of nitrogens with zero attached hydrogens (tertiary/aromatic N) is 1. The van der Waals surface area contributed by atoms with Gasteiger partial charge in [-0.3, -0.25) is 14.6 Å². The maximum atomic E-state index is 13.0. The Bertz CT molecular complexity index is 627. The van der Waals surface area contributed by atoms with Gasteiger partial charge in [0.05, 0.1) is 5.41 Å². The van der Waals surface area contributed by atoms with E-state index in [9.17, 15) is 9.59 Å². The number of hydrogen-bond acceptors (Lipinski definition) is 3. The highest BCUT2D eigenvalue weighted by atomic mass is 16.2. The second-order valence-corrected chi connectivity index (χ2v) is 5.60. The van der Waals surface area contributed by atoms with E-state index in [0.717, 1.165) is 16.1 Å². The van der Waals surface area contributed by atoms with Crippen LogP contribution in [0.5, 0.6) is 0 Å². The van der Waals surface area contributed by atoms with Crippen molar-refractivity contribution in [3.63, 3.8) is 0 Å². The zero-order chi connectivity index (χ0) is 16.9. The number of Topliss-reactive ketones (excluding diaryl/α,β-unsaturated/α-hetero) is 1. The van der Waals surface area contributed by atoms with Crippen LogP contribution >= 0.6 is 0 Å². The molecule has 0 saturated heterocycles. The molecule has 0 bridgehead atoms. The second kappa shape index (κ2) is 7.20. The molecule has 0 spiro atoms. The fraction of sp³-hybridized carbons (Fsp3) is 0.263. The third kappa shape index (κ3) is 3.32. The molecule has 0 aliphatic heterocycles. The fourth-order valence-electron chi connectivity index (χ4n) is 2.89. The lowest BCUT2D eigenvalue weighted by Crippen LogP contribution is -2.44. The van der Waals surface area contributed by atoms with Gasteiger partial charge in [0.2, 0.25) is 5.91 Å². The molecule has 0 fully saturated rings. The van der Waals surface area contributed by atoms with E-state index in [1.165, 1.54) is 7.05 Å². The molecule has 4 heteroatoms. The molecular weight excluding hydrogens is 288 g/mol. The molecule has 4 nitrogen and oxygen atoms in total. The van der Waals surface area contributed by atoms with E-state index in [0.29, 0.717) is 6.42 Å². The van der Waals surface area contributed by atoms with Crippen LogP contribution in [0.4, 0.5) is 0 Å². The number of nitrogens with two attached hydrogens (primary N) is 1. The molecule has 1 amide bonds. The molecule has 0 aliphatic carbocycles. The number of amides is 1. The Morgan fingerprint density at radius 1 is 0.957 bits per heavy atom. The normalized spacial score (nSPS) is 11.1. The van der Waals surface area contributed by atoms with Gasteiger partial charge in [0.1, 0.15) is 5.78 Å². The highest BCUT2D eigenvalue weighted by Gasteiger charge is 2.42. The molecule has 2 aromatic carbocycles. The van der Waals surface area contributed by atoms with Crippen LogP contribution in [0.25, 0.3) is 0 Å². The predicted octanol–water partition coefficient (Wildman–Crippen LogP) is 2.67. The molecule has 0 heterocycles. The smallest absolute Gasteiger partial charge is 0.237 e. The largest absolute Gasteiger partial charge is 0.298 e. The lowest BCUT2D eigenvalue weighted by Gasteiger charge is -2.33. The van der Waals surface area contributed by atoms with E-state index in [-0.39, 0.29) is 18.1 Å². The highest BCUT2D eigenvalue weighted by Crippen LogP contribution is 2.38. The van der Waals surface area contributed by atoms with Gasteiger partial charge < -0.3 is 0 Å². The number of carbonyl (C=O) groups excluding carboxylic acids is 2. The van der Waals surface area contributed by atoms with Gasteiger partial charge in [-0.25, -0.2) is 5.84 Å². The van der Waals surface area contributed by atoms with Crippen molar-refractivity contribution in [1.29, 1.82) is 0 Å². The summed E-state index contributed by atoms with van der Waals surface area (Å²) in [5.74, 6) is 5.34. The van der Waals surface area contributed by atoms with Crippen LogP contribution in [0.2, 0.25) is 0 Å². The van der Waals surface area contributed by atoms with Crippen molar-refractivity contribution < 1.29 is 9.59 Å². The van der Waals surface area contributed by atoms with Crippen LogP contribution in [0.1, 0.15) is 30.9 Å². The molecule has 0 aromatic heterocycles. The first-order chi connectivity index (χ1) is 11.0. The Hall–Kier alpha value is -2.46. The minimum absolute atomic E-state index is 0.00472. The molecule has 0 unspecified atom stereocenters. The van der Waals surface area contributed by atoms with Gasteiger partial charge in [-0.15, -0.1) is 0 Å². The van der Waals surface area contributed by atoms with E-state index in [1.807, 2.05) is 67.6 Å². The first-order valence-corrected chi connectivity index (χ1v) is 7.68. The highest BCUT2D eigenvalue weighted by molar-refractivity contribution is 5.98. The van der Waals surface area contributed by atoms with Crippen molar-refractivity contribution in [2.24, 2.45) is 5.84 Å². The predicted molar refractivity (Wildman–Crippen MR) is 90.5 cm³/mol. The Morgan fingerprint density at radius 2 is 1.39 bits per heavy atom. The van der Waals surface area contributed by atoms with Gasteiger partial charge in [-0.2, -0.15) is 0 Å². The minimum atomic E-state index is -1.01. The summed E-state index contributed by atoms with van der Waals surface area (Å²) in [5.41, 5.74) is 0.614. The van der Waals surface area contributed by atoms with Crippen LogP contribution < -0.4 is 5.84 Å². The van der Waals surface area contributed by atoms with E-state index < -0.39 is 5.41 Å². The van der Waals surface area contributed by atoms with E-state index in [1.54, 1.807) is 0 Å². The molecule has 2 aromatic rings. The van der Waals surface area contributed by atoms with E-state index in [2.05, 4.69) is 0 Å². The molecule has 0 saturated carbocycles. The van der Waals surface area contributed by atoms with E-state index >= 15 is 0 Å². The van der Waals surface area contributed by atoms with Crippen molar-refractivity contribution in [3.8, 4) is 0 Å². The summed E-state index contributed by atoms with van der Waals surface area (Å²) in [7, 11) is 1.50. The molecule has 2 rings (SSSR count). The molecule has 0 radical (unpaired) electrons. The molecule has 120 valence electrons. The molecule has 2 N–H and O–H groups in total. The average Bonchev–Trinajstić information content (AvgIpc) is 2.60. The maximum Gasteiger partial charge on any atom is 0.237 e. The molecule has 0 aliphatic rings. The van der Waals surface area contributed by atoms with Crippen molar-refractivity contribution in [3.05, 3.63) is 71.8 Å². The summed E-state index contributed by atoms with van der Waals surface area (Å²) in [5, 5.41) is 1.05. The number of rotatable bonds is 6. The molecule has 23 heavy (non-hydrogen) atoms. The Labute approximate surface area is 136 Å². The first-order valence-electron chi connectivity index (χ1n) is 7.68. The molecule has 0 atom stereocenters. The summed E-state index contributed by atoms with van der Waals surface area (Å²) >= 11 is 0. The zero-order valence-corrected chi connectivity index (χ0v) is 13.5. The quantitative estimate of drug-likeness (QED) is 0.507. The van der Waals surface area contributed by atoms with Crippen LogP contribution in [-0.4, -0.2) is 23.7 Å². The lowest BCUT2D eigenvalue weighted by molar-refractivity contribution is -0.135. The minimum Gasteiger partial charge on any atom is -0.298 e. The van der Waals surface area contributed by atoms with Crippen molar-refractivity contribution >= 4 is 11.7 Å². The van der Waals surface area contributed by atoms with Gasteiger partial charge in [0.25, 0.3) is 0 Å². The summed E-state index contributed by atoms with van der Waals surface area (Å²) in [4.78, 5) is 25.4. The summed E-state index contributed by atoms with van der Waals surface area (Å²) in [6, 6.07) is 18.9. The van der Waals surface area contributed by atoms with Gasteiger partial charge in [-0.05, 0) is 11.1 Å². The van der Waals surface area contributed by atoms with Crippen molar-refractivity contribution in [2.45, 2.75) is 25.2 Å². The number of hydrazine groups is 1. The Kier molecular flexibility index (Phi) is 5.29. The first kappa shape index (κ1) is 16.9. The second-order valence-electron chi connectivity index (χ2n) is 5.60. The molecular formula is C19H22N2O2. The summed E-state index contributed by atoms with van der Waals surface area (Å²) in [6.45, 7) is 1.82. The van der Waals surface area contributed by atoms with Gasteiger partial charge in [0, 0.05) is 19.9 Å². The number of hydrogen-bond donors (Lipinski definition) is 1.